The van der Waals surface area contributed by atoms with Crippen molar-refractivity contribution in [2.75, 3.05) is 12.8 Å². The number of esters is 1. The van der Waals surface area contributed by atoms with Crippen molar-refractivity contribution in [3.8, 4) is 10.4 Å². The van der Waals surface area contributed by atoms with Crippen molar-refractivity contribution in [1.82, 2.24) is 4.98 Å². The molecular weight excluding hydrogens is 236 g/mol. The Morgan fingerprint density at radius 2 is 2.00 bits per heavy atom. The molecule has 2 N–H and O–H groups in total. The van der Waals surface area contributed by atoms with Crippen LogP contribution in [0.2, 0.25) is 0 Å². The van der Waals surface area contributed by atoms with Crippen molar-refractivity contribution in [3.05, 3.63) is 35.5 Å². The molecule has 1 aromatic heterocycles. The standard InChI is InChI=1S/C12H12N2O2S/c1-7-3-5-8(6-4-7)10-9(11(15)16-2)14-12(13)17-10/h3-6H,1-2H3,(H2,13,14). The molecule has 0 bridgehead atoms. The van der Waals surface area contributed by atoms with Gasteiger partial charge in [-0.3, -0.25) is 0 Å². The molecule has 0 atom stereocenters. The van der Waals surface area contributed by atoms with Gasteiger partial charge in [0.25, 0.3) is 0 Å². The number of nitrogens with zero attached hydrogens (tertiary/aromatic N) is 1. The van der Waals surface area contributed by atoms with Crippen molar-refractivity contribution < 1.29 is 9.53 Å². The quantitative estimate of drug-likeness (QED) is 0.829. The number of anilines is 1. The summed E-state index contributed by atoms with van der Waals surface area (Å²) in [4.78, 5) is 16.3. The second-order valence-corrected chi connectivity index (χ2v) is 4.62. The zero-order valence-electron chi connectivity index (χ0n) is 9.56. The largest absolute Gasteiger partial charge is 0.464 e. The van der Waals surface area contributed by atoms with E-state index in [9.17, 15) is 4.79 Å². The van der Waals surface area contributed by atoms with E-state index in [-0.39, 0.29) is 5.69 Å². The first-order valence-electron chi connectivity index (χ1n) is 5.03. The number of hydrogen-bond acceptors (Lipinski definition) is 5. The van der Waals surface area contributed by atoms with E-state index in [0.29, 0.717) is 5.13 Å². The highest BCUT2D eigenvalue weighted by molar-refractivity contribution is 7.19. The fourth-order valence-corrected chi connectivity index (χ4v) is 2.30. The van der Waals surface area contributed by atoms with Crippen LogP contribution in [0.4, 0.5) is 5.13 Å². The molecule has 0 aliphatic carbocycles. The summed E-state index contributed by atoms with van der Waals surface area (Å²) in [6, 6.07) is 7.84. The van der Waals surface area contributed by atoms with E-state index in [1.165, 1.54) is 18.4 Å². The molecule has 17 heavy (non-hydrogen) atoms. The van der Waals surface area contributed by atoms with Gasteiger partial charge < -0.3 is 10.5 Å². The molecule has 0 radical (unpaired) electrons. The minimum Gasteiger partial charge on any atom is -0.464 e. The van der Waals surface area contributed by atoms with Crippen LogP contribution in [0.1, 0.15) is 16.1 Å². The number of carbonyl (C=O) groups excluding carboxylic acids is 1. The number of rotatable bonds is 2. The molecule has 0 spiro atoms. The molecule has 0 fully saturated rings. The Bertz CT molecular complexity index is 546. The van der Waals surface area contributed by atoms with Crippen molar-refractivity contribution >= 4 is 22.4 Å². The van der Waals surface area contributed by atoms with Gasteiger partial charge in [-0.15, -0.1) is 0 Å². The van der Waals surface area contributed by atoms with Crippen LogP contribution < -0.4 is 5.73 Å². The molecule has 88 valence electrons. The van der Waals surface area contributed by atoms with E-state index in [1.54, 1.807) is 0 Å². The molecule has 0 saturated heterocycles. The summed E-state index contributed by atoms with van der Waals surface area (Å²) >= 11 is 1.28. The fraction of sp³-hybridized carbons (Fsp3) is 0.167. The summed E-state index contributed by atoms with van der Waals surface area (Å²) in [5.41, 5.74) is 8.00. The summed E-state index contributed by atoms with van der Waals surface area (Å²) in [6.45, 7) is 2.01. The normalized spacial score (nSPS) is 10.2. The lowest BCUT2D eigenvalue weighted by Gasteiger charge is -2.01. The van der Waals surface area contributed by atoms with Crippen LogP contribution in [0.5, 0.6) is 0 Å². The number of ether oxygens (including phenoxy) is 1. The predicted octanol–water partition coefficient (Wildman–Crippen LogP) is 2.49. The molecular formula is C12H12N2O2S. The average molecular weight is 248 g/mol. The minimum absolute atomic E-state index is 0.277. The lowest BCUT2D eigenvalue weighted by molar-refractivity contribution is 0.0596. The van der Waals surface area contributed by atoms with Gasteiger partial charge in [-0.1, -0.05) is 41.2 Å². The maximum atomic E-state index is 11.6. The zero-order chi connectivity index (χ0) is 12.4. The smallest absolute Gasteiger partial charge is 0.358 e. The highest BCUT2D eigenvalue weighted by Crippen LogP contribution is 2.32. The molecule has 1 aromatic carbocycles. The summed E-state index contributed by atoms with van der Waals surface area (Å²) in [7, 11) is 1.33. The van der Waals surface area contributed by atoms with Crippen molar-refractivity contribution in [1.29, 1.82) is 0 Å². The highest BCUT2D eigenvalue weighted by Gasteiger charge is 2.18. The molecule has 0 saturated carbocycles. The van der Waals surface area contributed by atoms with E-state index in [4.69, 9.17) is 5.73 Å². The Morgan fingerprint density at radius 1 is 1.35 bits per heavy atom. The van der Waals surface area contributed by atoms with E-state index in [1.807, 2.05) is 31.2 Å². The van der Waals surface area contributed by atoms with Crippen LogP contribution >= 0.6 is 11.3 Å². The van der Waals surface area contributed by atoms with Gasteiger partial charge in [0, 0.05) is 0 Å². The highest BCUT2D eigenvalue weighted by atomic mass is 32.1. The van der Waals surface area contributed by atoms with Crippen LogP contribution in [-0.2, 0) is 4.74 Å². The number of hydrogen-bond donors (Lipinski definition) is 1. The summed E-state index contributed by atoms with van der Waals surface area (Å²) in [6.07, 6.45) is 0. The molecule has 0 aliphatic heterocycles. The Morgan fingerprint density at radius 3 is 2.59 bits per heavy atom. The molecule has 1 heterocycles. The number of aryl methyl sites for hydroxylation is 1. The molecule has 0 aliphatic rings. The zero-order valence-corrected chi connectivity index (χ0v) is 10.4. The van der Waals surface area contributed by atoms with Crippen LogP contribution in [0.25, 0.3) is 10.4 Å². The second-order valence-electron chi connectivity index (χ2n) is 3.59. The Hall–Kier alpha value is -1.88. The molecule has 2 rings (SSSR count). The van der Waals surface area contributed by atoms with Crippen LogP contribution in [-0.4, -0.2) is 18.1 Å². The molecule has 0 unspecified atom stereocenters. The topological polar surface area (TPSA) is 65.2 Å². The SMILES string of the molecule is COC(=O)c1nc(N)sc1-c1ccc(C)cc1. The summed E-state index contributed by atoms with van der Waals surface area (Å²) in [5.74, 6) is -0.464. The van der Waals surface area contributed by atoms with E-state index in [0.717, 1.165) is 16.0 Å². The number of methoxy groups -OCH3 is 1. The van der Waals surface area contributed by atoms with Gasteiger partial charge in [-0.25, -0.2) is 9.78 Å². The second kappa shape index (κ2) is 4.55. The first-order valence-corrected chi connectivity index (χ1v) is 5.85. The van der Waals surface area contributed by atoms with Gasteiger partial charge in [0.05, 0.1) is 12.0 Å². The Kier molecular flexibility index (Phi) is 3.10. The van der Waals surface area contributed by atoms with Gasteiger partial charge in [-0.05, 0) is 12.5 Å². The van der Waals surface area contributed by atoms with Crippen LogP contribution in [0, 0.1) is 6.92 Å². The van der Waals surface area contributed by atoms with Gasteiger partial charge in [-0.2, -0.15) is 0 Å². The van der Waals surface area contributed by atoms with Gasteiger partial charge in [0.1, 0.15) is 0 Å². The van der Waals surface area contributed by atoms with E-state index in [2.05, 4.69) is 9.72 Å². The monoisotopic (exact) mass is 248 g/mol. The van der Waals surface area contributed by atoms with E-state index >= 15 is 0 Å². The molecule has 5 heteroatoms. The Labute approximate surface area is 103 Å². The summed E-state index contributed by atoms with van der Waals surface area (Å²) in [5, 5.41) is 0.362. The van der Waals surface area contributed by atoms with Crippen molar-refractivity contribution in [2.24, 2.45) is 0 Å². The van der Waals surface area contributed by atoms with Crippen LogP contribution in [0.3, 0.4) is 0 Å². The number of nitrogens with two attached hydrogens (primary N) is 1. The number of benzene rings is 1. The average Bonchev–Trinajstić information content (AvgIpc) is 2.71. The van der Waals surface area contributed by atoms with Gasteiger partial charge in [0.15, 0.2) is 10.8 Å². The molecule has 0 amide bonds. The third-order valence-corrected chi connectivity index (χ3v) is 3.27. The number of nitrogen functional groups attached to an aromatic ring is 1. The fourth-order valence-electron chi connectivity index (χ4n) is 1.47. The van der Waals surface area contributed by atoms with Gasteiger partial charge >= 0.3 is 5.97 Å². The van der Waals surface area contributed by atoms with E-state index < -0.39 is 5.97 Å². The number of aromatic nitrogens is 1. The van der Waals surface area contributed by atoms with Crippen molar-refractivity contribution in [3.63, 3.8) is 0 Å². The maximum Gasteiger partial charge on any atom is 0.358 e. The number of carbonyl (C=O) groups is 1. The first kappa shape index (κ1) is 11.6. The Balaban J connectivity index is 2.51. The maximum absolute atomic E-state index is 11.6. The van der Waals surface area contributed by atoms with Crippen LogP contribution in [0.15, 0.2) is 24.3 Å². The lowest BCUT2D eigenvalue weighted by Crippen LogP contribution is -2.03. The van der Waals surface area contributed by atoms with Crippen molar-refractivity contribution in [2.45, 2.75) is 6.92 Å². The lowest BCUT2D eigenvalue weighted by atomic mass is 10.1. The third kappa shape index (κ3) is 2.29. The number of thiazole rings is 1. The molecule has 2 aromatic rings. The summed E-state index contributed by atoms with van der Waals surface area (Å²) < 4.78 is 4.69. The van der Waals surface area contributed by atoms with Gasteiger partial charge in [0.2, 0.25) is 0 Å². The third-order valence-electron chi connectivity index (χ3n) is 2.34. The minimum atomic E-state index is -0.464. The molecule has 4 nitrogen and oxygen atoms in total. The predicted molar refractivity (Wildman–Crippen MR) is 68.0 cm³/mol. The first-order chi connectivity index (χ1) is 8.11.